The molecule has 1 heterocycles. The maximum atomic E-state index is 11.0. The molecule has 0 aliphatic heterocycles. The van der Waals surface area contributed by atoms with Crippen LogP contribution in [-0.4, -0.2) is 9.55 Å². The molecule has 0 spiro atoms. The van der Waals surface area contributed by atoms with Crippen molar-refractivity contribution in [2.45, 2.75) is 39.7 Å². The smallest absolute Gasteiger partial charge is 0.251 e. The van der Waals surface area contributed by atoms with Gasteiger partial charge in [-0.25, -0.2) is 0 Å². The first kappa shape index (κ1) is 12.2. The highest BCUT2D eigenvalue weighted by molar-refractivity contribution is 7.71. The quantitative estimate of drug-likeness (QED) is 0.802. The van der Waals surface area contributed by atoms with Crippen LogP contribution in [0.15, 0.2) is 17.1 Å². The largest absolute Gasteiger partial charge is 0.322 e. The lowest BCUT2D eigenvalue weighted by molar-refractivity contribution is 0.327. The highest BCUT2D eigenvalue weighted by Crippen LogP contribution is 2.23. The predicted molar refractivity (Wildman–Crippen MR) is 64.7 cm³/mol. The Labute approximate surface area is 95.2 Å². The van der Waals surface area contributed by atoms with E-state index in [1.807, 2.05) is 4.57 Å². The molecule has 0 aliphatic carbocycles. The molecule has 4 heteroatoms. The van der Waals surface area contributed by atoms with Gasteiger partial charge in [-0.2, -0.15) is 0 Å². The van der Waals surface area contributed by atoms with Crippen LogP contribution in [-0.2, 0) is 0 Å². The summed E-state index contributed by atoms with van der Waals surface area (Å²) >= 11 is 5.14. The second-order valence-corrected chi connectivity index (χ2v) is 4.22. The van der Waals surface area contributed by atoms with Gasteiger partial charge in [0.2, 0.25) is 0 Å². The molecule has 1 N–H and O–H groups in total. The summed E-state index contributed by atoms with van der Waals surface area (Å²) in [5.41, 5.74) is -0.131. The van der Waals surface area contributed by atoms with Gasteiger partial charge >= 0.3 is 0 Å². The first-order valence-electron chi connectivity index (χ1n) is 5.41. The van der Waals surface area contributed by atoms with Gasteiger partial charge in [-0.3, -0.25) is 9.78 Å². The average molecular weight is 226 g/mol. The van der Waals surface area contributed by atoms with Gasteiger partial charge in [0.15, 0.2) is 4.77 Å². The average Bonchev–Trinajstić information content (AvgIpc) is 2.19. The molecule has 15 heavy (non-hydrogen) atoms. The third kappa shape index (κ3) is 2.78. The second kappa shape index (κ2) is 5.26. The Morgan fingerprint density at radius 1 is 1.47 bits per heavy atom. The van der Waals surface area contributed by atoms with E-state index in [1.165, 1.54) is 6.07 Å². The van der Waals surface area contributed by atoms with Gasteiger partial charge in [-0.1, -0.05) is 26.7 Å². The monoisotopic (exact) mass is 226 g/mol. The van der Waals surface area contributed by atoms with Gasteiger partial charge in [0.25, 0.3) is 5.56 Å². The summed E-state index contributed by atoms with van der Waals surface area (Å²) in [5, 5.41) is 0. The maximum Gasteiger partial charge on any atom is 0.251 e. The Hall–Kier alpha value is -0.900. The zero-order valence-corrected chi connectivity index (χ0v) is 10.3. The standard InChI is InChI=1S/C11H18N2OS/c1-4-9(5-2)8(3)13-7-6-10(14)12-11(13)15/h6-9H,4-5H2,1-3H3,(H,12,14,15). The molecule has 0 saturated carbocycles. The molecule has 0 bridgehead atoms. The van der Waals surface area contributed by atoms with E-state index < -0.39 is 0 Å². The summed E-state index contributed by atoms with van der Waals surface area (Å²) in [6.45, 7) is 6.51. The number of hydrogen-bond acceptors (Lipinski definition) is 2. The van der Waals surface area contributed by atoms with Crippen LogP contribution < -0.4 is 5.56 Å². The lowest BCUT2D eigenvalue weighted by Gasteiger charge is -2.23. The summed E-state index contributed by atoms with van der Waals surface area (Å²) < 4.78 is 2.48. The first-order chi connectivity index (χ1) is 7.10. The molecule has 3 nitrogen and oxygen atoms in total. The van der Waals surface area contributed by atoms with Crippen molar-refractivity contribution >= 4 is 12.2 Å². The van der Waals surface area contributed by atoms with E-state index in [0.29, 0.717) is 16.7 Å². The number of nitrogens with one attached hydrogen (secondary N) is 1. The number of H-pyrrole nitrogens is 1. The Bertz CT molecular complexity index is 417. The molecule has 84 valence electrons. The van der Waals surface area contributed by atoms with Crippen molar-refractivity contribution in [1.82, 2.24) is 9.55 Å². The van der Waals surface area contributed by atoms with E-state index in [9.17, 15) is 4.79 Å². The Morgan fingerprint density at radius 2 is 2.07 bits per heavy atom. The van der Waals surface area contributed by atoms with Crippen LogP contribution in [0.4, 0.5) is 0 Å². The van der Waals surface area contributed by atoms with Gasteiger partial charge in [0.05, 0.1) is 0 Å². The molecule has 1 aromatic rings. The van der Waals surface area contributed by atoms with Crippen LogP contribution in [0.2, 0.25) is 0 Å². The molecular formula is C11H18N2OS. The fourth-order valence-electron chi connectivity index (χ4n) is 1.95. The first-order valence-corrected chi connectivity index (χ1v) is 5.82. The lowest BCUT2D eigenvalue weighted by Crippen LogP contribution is -2.19. The summed E-state index contributed by atoms with van der Waals surface area (Å²) in [6, 6.07) is 1.86. The van der Waals surface area contributed by atoms with Crippen molar-refractivity contribution in [1.29, 1.82) is 0 Å². The molecule has 0 fully saturated rings. The van der Waals surface area contributed by atoms with Crippen LogP contribution in [0.25, 0.3) is 0 Å². The molecule has 0 aromatic carbocycles. The summed E-state index contributed by atoms with van der Waals surface area (Å²) in [6.07, 6.45) is 4.03. The van der Waals surface area contributed by atoms with E-state index >= 15 is 0 Å². The SMILES string of the molecule is CCC(CC)C(C)n1ccc(=O)[nH]c1=S. The van der Waals surface area contributed by atoms with Crippen LogP contribution in [0.5, 0.6) is 0 Å². The molecule has 0 amide bonds. The lowest BCUT2D eigenvalue weighted by atomic mass is 9.95. The Kier molecular flexibility index (Phi) is 4.27. The zero-order valence-electron chi connectivity index (χ0n) is 9.49. The van der Waals surface area contributed by atoms with E-state index in [4.69, 9.17) is 12.2 Å². The van der Waals surface area contributed by atoms with Crippen molar-refractivity contribution in [3.63, 3.8) is 0 Å². The van der Waals surface area contributed by atoms with Gasteiger partial charge < -0.3 is 4.57 Å². The fourth-order valence-corrected chi connectivity index (χ4v) is 2.27. The zero-order chi connectivity index (χ0) is 11.4. The van der Waals surface area contributed by atoms with Crippen LogP contribution in [0, 0.1) is 10.7 Å². The minimum Gasteiger partial charge on any atom is -0.322 e. The van der Waals surface area contributed by atoms with E-state index in [-0.39, 0.29) is 5.56 Å². The van der Waals surface area contributed by atoms with Crippen molar-refractivity contribution in [3.8, 4) is 0 Å². The molecule has 0 radical (unpaired) electrons. The highest BCUT2D eigenvalue weighted by Gasteiger charge is 2.14. The number of hydrogen-bond donors (Lipinski definition) is 1. The third-order valence-corrected chi connectivity index (χ3v) is 3.33. The van der Waals surface area contributed by atoms with Gasteiger partial charge in [-0.05, 0) is 25.1 Å². The molecule has 1 rings (SSSR count). The van der Waals surface area contributed by atoms with E-state index in [2.05, 4.69) is 25.8 Å². The van der Waals surface area contributed by atoms with Crippen molar-refractivity contribution < 1.29 is 0 Å². The summed E-state index contributed by atoms with van der Waals surface area (Å²) in [4.78, 5) is 13.7. The van der Waals surface area contributed by atoms with Crippen molar-refractivity contribution in [2.24, 2.45) is 5.92 Å². The van der Waals surface area contributed by atoms with Crippen molar-refractivity contribution in [3.05, 3.63) is 27.4 Å². The highest BCUT2D eigenvalue weighted by atomic mass is 32.1. The second-order valence-electron chi connectivity index (χ2n) is 3.83. The fraction of sp³-hybridized carbons (Fsp3) is 0.636. The van der Waals surface area contributed by atoms with Crippen LogP contribution in [0.1, 0.15) is 39.7 Å². The van der Waals surface area contributed by atoms with Gasteiger partial charge in [0, 0.05) is 18.3 Å². The Balaban J connectivity index is 3.05. The minimum absolute atomic E-state index is 0.131. The normalized spacial score (nSPS) is 13.1. The number of aromatic amines is 1. The minimum atomic E-state index is -0.131. The van der Waals surface area contributed by atoms with Gasteiger partial charge in [-0.15, -0.1) is 0 Å². The van der Waals surface area contributed by atoms with Crippen LogP contribution >= 0.6 is 12.2 Å². The molecule has 0 aliphatic rings. The van der Waals surface area contributed by atoms with E-state index in [0.717, 1.165) is 12.8 Å². The van der Waals surface area contributed by atoms with Crippen LogP contribution in [0.3, 0.4) is 0 Å². The Morgan fingerprint density at radius 3 is 2.53 bits per heavy atom. The number of nitrogens with zero attached hydrogens (tertiary/aromatic N) is 1. The van der Waals surface area contributed by atoms with Crippen molar-refractivity contribution in [2.75, 3.05) is 0 Å². The van der Waals surface area contributed by atoms with E-state index in [1.54, 1.807) is 6.20 Å². The molecule has 1 unspecified atom stereocenters. The number of aromatic nitrogens is 2. The third-order valence-electron chi connectivity index (χ3n) is 3.02. The molecular weight excluding hydrogens is 208 g/mol. The predicted octanol–water partition coefficient (Wildman–Crippen LogP) is 2.90. The summed E-state index contributed by atoms with van der Waals surface area (Å²) in [5.74, 6) is 0.600. The molecule has 0 saturated heterocycles. The van der Waals surface area contributed by atoms with Gasteiger partial charge in [0.1, 0.15) is 0 Å². The maximum absolute atomic E-state index is 11.0. The molecule has 1 aromatic heterocycles. The number of rotatable bonds is 4. The molecule has 1 atom stereocenters. The summed E-state index contributed by atoms with van der Waals surface area (Å²) in [7, 11) is 0. The topological polar surface area (TPSA) is 37.8 Å².